The summed E-state index contributed by atoms with van der Waals surface area (Å²) in [5.41, 5.74) is 7.26. The van der Waals surface area contributed by atoms with Crippen molar-refractivity contribution in [2.75, 3.05) is 0 Å². The number of hydrogen-bond donors (Lipinski definition) is 2. The first kappa shape index (κ1) is 16.0. The summed E-state index contributed by atoms with van der Waals surface area (Å²) in [5.74, 6) is 1.20. The number of nitrogens with two attached hydrogens (primary N) is 1. The van der Waals surface area contributed by atoms with E-state index in [1.807, 2.05) is 37.3 Å². The molecule has 1 aliphatic rings. The van der Waals surface area contributed by atoms with Gasteiger partial charge in [-0.15, -0.1) is 0 Å². The average molecular weight is 288 g/mol. The monoisotopic (exact) mass is 288 g/mol. The van der Waals surface area contributed by atoms with E-state index >= 15 is 0 Å². The molecule has 1 fully saturated rings. The second kappa shape index (κ2) is 7.08. The standard InChI is InChI=1S/C18H28N2O/c1-12-9-10-16(13(2)11-12)20-18(21)14(3)17(19)15-7-5-4-6-8-15/h4-8,12-14,16-17H,9-11,19H2,1-3H3,(H,20,21). The van der Waals surface area contributed by atoms with Crippen LogP contribution < -0.4 is 11.1 Å². The van der Waals surface area contributed by atoms with Crippen molar-refractivity contribution < 1.29 is 4.79 Å². The molecule has 1 saturated carbocycles. The van der Waals surface area contributed by atoms with Gasteiger partial charge in [0.2, 0.25) is 5.91 Å². The maximum Gasteiger partial charge on any atom is 0.224 e. The molecular formula is C18H28N2O. The van der Waals surface area contributed by atoms with Gasteiger partial charge in [0.25, 0.3) is 0 Å². The SMILES string of the molecule is CC1CCC(NC(=O)C(C)C(N)c2ccccc2)C(C)C1. The molecule has 1 aromatic carbocycles. The molecule has 0 spiro atoms. The van der Waals surface area contributed by atoms with Crippen LogP contribution in [0.3, 0.4) is 0 Å². The Morgan fingerprint density at radius 1 is 1.24 bits per heavy atom. The number of amides is 1. The molecule has 1 amide bonds. The van der Waals surface area contributed by atoms with Gasteiger partial charge in [-0.3, -0.25) is 4.79 Å². The summed E-state index contributed by atoms with van der Waals surface area (Å²) in [7, 11) is 0. The van der Waals surface area contributed by atoms with Crippen molar-refractivity contribution in [3.63, 3.8) is 0 Å². The fourth-order valence-corrected chi connectivity index (χ4v) is 3.32. The summed E-state index contributed by atoms with van der Waals surface area (Å²) in [5, 5.41) is 3.22. The van der Waals surface area contributed by atoms with Crippen molar-refractivity contribution in [2.45, 2.75) is 52.1 Å². The van der Waals surface area contributed by atoms with Gasteiger partial charge in [0.15, 0.2) is 0 Å². The zero-order valence-corrected chi connectivity index (χ0v) is 13.4. The average Bonchev–Trinajstić information content (AvgIpc) is 2.49. The van der Waals surface area contributed by atoms with Crippen LogP contribution in [0, 0.1) is 17.8 Å². The van der Waals surface area contributed by atoms with Crippen LogP contribution in [0.25, 0.3) is 0 Å². The van der Waals surface area contributed by atoms with Crippen LogP contribution in [0.15, 0.2) is 30.3 Å². The van der Waals surface area contributed by atoms with Crippen molar-refractivity contribution in [1.82, 2.24) is 5.32 Å². The predicted molar refractivity (Wildman–Crippen MR) is 86.6 cm³/mol. The number of benzene rings is 1. The van der Waals surface area contributed by atoms with Gasteiger partial charge in [0.05, 0.1) is 5.92 Å². The molecule has 0 aromatic heterocycles. The Morgan fingerprint density at radius 3 is 2.52 bits per heavy atom. The second-order valence-corrected chi connectivity index (χ2v) is 6.74. The molecular weight excluding hydrogens is 260 g/mol. The number of rotatable bonds is 4. The summed E-state index contributed by atoms with van der Waals surface area (Å²) in [6.45, 7) is 6.45. The van der Waals surface area contributed by atoms with Crippen LogP contribution >= 0.6 is 0 Å². The molecule has 0 saturated heterocycles. The minimum Gasteiger partial charge on any atom is -0.353 e. The van der Waals surface area contributed by atoms with E-state index in [1.165, 1.54) is 12.8 Å². The van der Waals surface area contributed by atoms with E-state index in [4.69, 9.17) is 5.73 Å². The van der Waals surface area contributed by atoms with Crippen LogP contribution in [-0.2, 0) is 4.79 Å². The molecule has 3 heteroatoms. The molecule has 21 heavy (non-hydrogen) atoms. The molecule has 3 nitrogen and oxygen atoms in total. The molecule has 3 N–H and O–H groups in total. The van der Waals surface area contributed by atoms with Crippen LogP contribution in [0.4, 0.5) is 0 Å². The molecule has 116 valence electrons. The highest BCUT2D eigenvalue weighted by atomic mass is 16.2. The maximum atomic E-state index is 12.5. The Hall–Kier alpha value is -1.35. The van der Waals surface area contributed by atoms with E-state index in [0.29, 0.717) is 12.0 Å². The van der Waals surface area contributed by atoms with Crippen LogP contribution in [0.5, 0.6) is 0 Å². The van der Waals surface area contributed by atoms with Crippen molar-refractivity contribution in [1.29, 1.82) is 0 Å². The molecule has 5 atom stereocenters. The highest BCUT2D eigenvalue weighted by Gasteiger charge is 2.29. The fourth-order valence-electron chi connectivity index (χ4n) is 3.32. The number of carbonyl (C=O) groups excluding carboxylic acids is 1. The van der Waals surface area contributed by atoms with E-state index in [1.54, 1.807) is 0 Å². The topological polar surface area (TPSA) is 55.1 Å². The minimum atomic E-state index is -0.246. The Bertz CT molecular complexity index is 460. The van der Waals surface area contributed by atoms with E-state index in [0.717, 1.165) is 17.9 Å². The molecule has 2 rings (SSSR count). The first-order valence-electron chi connectivity index (χ1n) is 8.10. The lowest BCUT2D eigenvalue weighted by molar-refractivity contribution is -0.126. The van der Waals surface area contributed by atoms with Crippen LogP contribution in [-0.4, -0.2) is 11.9 Å². The lowest BCUT2D eigenvalue weighted by atomic mass is 9.79. The van der Waals surface area contributed by atoms with E-state index in [9.17, 15) is 4.79 Å². The molecule has 0 bridgehead atoms. The quantitative estimate of drug-likeness (QED) is 0.893. The summed E-state index contributed by atoms with van der Waals surface area (Å²) < 4.78 is 0. The normalized spacial score (nSPS) is 28.7. The molecule has 1 aliphatic carbocycles. The van der Waals surface area contributed by atoms with Gasteiger partial charge in [-0.1, -0.05) is 51.1 Å². The highest BCUT2D eigenvalue weighted by molar-refractivity contribution is 5.79. The third kappa shape index (κ3) is 4.07. The molecule has 0 heterocycles. The van der Waals surface area contributed by atoms with Gasteiger partial charge in [-0.05, 0) is 36.7 Å². The van der Waals surface area contributed by atoms with Crippen molar-refractivity contribution in [3.05, 3.63) is 35.9 Å². The summed E-state index contributed by atoms with van der Waals surface area (Å²) in [6.07, 6.45) is 3.49. The Balaban J connectivity index is 1.93. The summed E-state index contributed by atoms with van der Waals surface area (Å²) in [6, 6.07) is 9.92. The Morgan fingerprint density at radius 2 is 1.90 bits per heavy atom. The smallest absolute Gasteiger partial charge is 0.224 e. The lowest BCUT2D eigenvalue weighted by Gasteiger charge is -2.34. The minimum absolute atomic E-state index is 0.0813. The molecule has 0 radical (unpaired) electrons. The first-order valence-corrected chi connectivity index (χ1v) is 8.10. The Labute approximate surface area is 128 Å². The second-order valence-electron chi connectivity index (χ2n) is 6.74. The molecule has 5 unspecified atom stereocenters. The van der Waals surface area contributed by atoms with Crippen LogP contribution in [0.2, 0.25) is 0 Å². The van der Waals surface area contributed by atoms with E-state index in [-0.39, 0.29) is 17.9 Å². The van der Waals surface area contributed by atoms with Gasteiger partial charge in [-0.25, -0.2) is 0 Å². The van der Waals surface area contributed by atoms with Gasteiger partial charge in [0.1, 0.15) is 0 Å². The zero-order chi connectivity index (χ0) is 15.4. The Kier molecular flexibility index (Phi) is 5.40. The van der Waals surface area contributed by atoms with Gasteiger partial charge in [-0.2, -0.15) is 0 Å². The van der Waals surface area contributed by atoms with Crippen molar-refractivity contribution in [2.24, 2.45) is 23.5 Å². The van der Waals surface area contributed by atoms with Gasteiger partial charge in [0, 0.05) is 12.1 Å². The number of hydrogen-bond acceptors (Lipinski definition) is 2. The van der Waals surface area contributed by atoms with Crippen molar-refractivity contribution in [3.8, 4) is 0 Å². The van der Waals surface area contributed by atoms with E-state index in [2.05, 4.69) is 19.2 Å². The molecule has 0 aliphatic heterocycles. The summed E-state index contributed by atoms with van der Waals surface area (Å²) in [4.78, 5) is 12.5. The predicted octanol–water partition coefficient (Wildman–Crippen LogP) is 3.26. The molecule has 1 aromatic rings. The summed E-state index contributed by atoms with van der Waals surface area (Å²) >= 11 is 0. The third-order valence-corrected chi connectivity index (χ3v) is 4.90. The zero-order valence-electron chi connectivity index (χ0n) is 13.4. The third-order valence-electron chi connectivity index (χ3n) is 4.90. The van der Waals surface area contributed by atoms with Gasteiger partial charge < -0.3 is 11.1 Å². The maximum absolute atomic E-state index is 12.5. The largest absolute Gasteiger partial charge is 0.353 e. The van der Waals surface area contributed by atoms with Crippen molar-refractivity contribution >= 4 is 5.91 Å². The lowest BCUT2D eigenvalue weighted by Crippen LogP contribution is -2.46. The first-order chi connectivity index (χ1) is 9.99. The number of nitrogens with one attached hydrogen (secondary N) is 1. The van der Waals surface area contributed by atoms with Gasteiger partial charge >= 0.3 is 0 Å². The van der Waals surface area contributed by atoms with Crippen LogP contribution in [0.1, 0.15) is 51.6 Å². The fraction of sp³-hybridized carbons (Fsp3) is 0.611. The highest BCUT2D eigenvalue weighted by Crippen LogP contribution is 2.29. The number of carbonyl (C=O) groups is 1. The van der Waals surface area contributed by atoms with E-state index < -0.39 is 0 Å².